The highest BCUT2D eigenvalue weighted by molar-refractivity contribution is 5.80. The number of fused-ring (bicyclic) bond motifs is 3. The normalized spacial score (nSPS) is 15.9. The van der Waals surface area contributed by atoms with Crippen LogP contribution < -0.4 is 4.74 Å². The SMILES string of the molecule is CCCCc1ccc2c(c1)-c1ccccc1C2CCOc1ccc(C(C)(OCC)C(=O)O)cc1. The minimum absolute atomic E-state index is 0.318. The van der Waals surface area contributed by atoms with Gasteiger partial charge in [0.2, 0.25) is 0 Å². The van der Waals surface area contributed by atoms with Crippen molar-refractivity contribution in [2.45, 2.75) is 58.0 Å². The molecule has 0 saturated heterocycles. The van der Waals surface area contributed by atoms with Gasteiger partial charge in [0.15, 0.2) is 5.60 Å². The lowest BCUT2D eigenvalue weighted by atomic mass is 9.93. The van der Waals surface area contributed by atoms with Crippen LogP contribution in [0.15, 0.2) is 66.7 Å². The van der Waals surface area contributed by atoms with Crippen molar-refractivity contribution in [3.63, 3.8) is 0 Å². The lowest BCUT2D eigenvalue weighted by molar-refractivity contribution is -0.164. The highest BCUT2D eigenvalue weighted by Gasteiger charge is 2.36. The molecule has 4 nitrogen and oxygen atoms in total. The molecule has 0 saturated carbocycles. The van der Waals surface area contributed by atoms with Gasteiger partial charge in [-0.1, -0.05) is 67.9 Å². The fourth-order valence-electron chi connectivity index (χ4n) is 4.92. The van der Waals surface area contributed by atoms with Gasteiger partial charge in [-0.25, -0.2) is 4.79 Å². The van der Waals surface area contributed by atoms with Gasteiger partial charge in [0.05, 0.1) is 6.61 Å². The van der Waals surface area contributed by atoms with Crippen molar-refractivity contribution in [3.05, 3.63) is 89.0 Å². The molecule has 0 amide bonds. The third kappa shape index (κ3) is 4.74. The van der Waals surface area contributed by atoms with Gasteiger partial charge in [0, 0.05) is 12.5 Å². The van der Waals surface area contributed by atoms with E-state index in [4.69, 9.17) is 9.47 Å². The minimum atomic E-state index is -1.36. The Morgan fingerprint density at radius 3 is 2.41 bits per heavy atom. The maximum Gasteiger partial charge on any atom is 0.340 e. The monoisotopic (exact) mass is 458 g/mol. The summed E-state index contributed by atoms with van der Waals surface area (Å²) in [5, 5.41) is 9.61. The standard InChI is InChI=1S/C30H34O4/c1-4-6-9-21-12-17-26-27(24-10-7-8-11-25(24)28(26)20-21)18-19-33-23-15-13-22(14-16-23)30(3,29(31)32)34-5-2/h7-8,10-17,20,27H,4-6,9,18-19H2,1-3H3,(H,31,32). The molecular weight excluding hydrogens is 424 g/mol. The Hall–Kier alpha value is -3.11. The molecular formula is C30H34O4. The van der Waals surface area contributed by atoms with Crippen LogP contribution >= 0.6 is 0 Å². The van der Waals surface area contributed by atoms with E-state index < -0.39 is 11.6 Å². The van der Waals surface area contributed by atoms with E-state index >= 15 is 0 Å². The Kier molecular flexibility index (Phi) is 7.38. The Bertz CT molecular complexity index is 1130. The van der Waals surface area contributed by atoms with E-state index in [0.29, 0.717) is 24.7 Å². The number of carboxylic acids is 1. The van der Waals surface area contributed by atoms with Crippen LogP contribution in [0.2, 0.25) is 0 Å². The first-order valence-electron chi connectivity index (χ1n) is 12.3. The molecule has 0 bridgehead atoms. The first-order valence-corrected chi connectivity index (χ1v) is 12.3. The van der Waals surface area contributed by atoms with Crippen LogP contribution in [0.5, 0.6) is 5.75 Å². The van der Waals surface area contributed by atoms with Crippen molar-refractivity contribution in [1.82, 2.24) is 0 Å². The molecule has 3 aromatic carbocycles. The molecule has 2 atom stereocenters. The maximum absolute atomic E-state index is 11.7. The summed E-state index contributed by atoms with van der Waals surface area (Å²) >= 11 is 0. The predicted octanol–water partition coefficient (Wildman–Crippen LogP) is 6.95. The van der Waals surface area contributed by atoms with Crippen molar-refractivity contribution >= 4 is 5.97 Å². The third-order valence-corrected chi connectivity index (χ3v) is 6.86. The van der Waals surface area contributed by atoms with Gasteiger partial charge < -0.3 is 14.6 Å². The van der Waals surface area contributed by atoms with Crippen LogP contribution in [-0.2, 0) is 21.6 Å². The average Bonchev–Trinajstić information content (AvgIpc) is 3.16. The molecule has 0 aromatic heterocycles. The van der Waals surface area contributed by atoms with E-state index in [-0.39, 0.29) is 0 Å². The molecule has 2 unspecified atom stereocenters. The fourth-order valence-corrected chi connectivity index (χ4v) is 4.92. The van der Waals surface area contributed by atoms with Gasteiger partial charge in [0.1, 0.15) is 5.75 Å². The van der Waals surface area contributed by atoms with Crippen LogP contribution in [0, 0.1) is 0 Å². The summed E-state index contributed by atoms with van der Waals surface area (Å²) in [6.07, 6.45) is 4.42. The van der Waals surface area contributed by atoms with Crippen LogP contribution in [0.4, 0.5) is 0 Å². The molecule has 0 aliphatic heterocycles. The smallest absolute Gasteiger partial charge is 0.340 e. The van der Waals surface area contributed by atoms with E-state index in [1.54, 1.807) is 26.0 Å². The van der Waals surface area contributed by atoms with E-state index in [0.717, 1.165) is 18.6 Å². The zero-order valence-electron chi connectivity index (χ0n) is 20.3. The van der Waals surface area contributed by atoms with Gasteiger partial charge >= 0.3 is 5.97 Å². The first kappa shape index (κ1) is 24.0. The molecule has 4 rings (SSSR count). The number of carbonyl (C=O) groups is 1. The zero-order valence-corrected chi connectivity index (χ0v) is 20.3. The Labute approximate surface area is 202 Å². The van der Waals surface area contributed by atoms with Crippen molar-refractivity contribution in [1.29, 1.82) is 0 Å². The van der Waals surface area contributed by atoms with Crippen molar-refractivity contribution in [2.75, 3.05) is 13.2 Å². The van der Waals surface area contributed by atoms with E-state index in [9.17, 15) is 9.90 Å². The van der Waals surface area contributed by atoms with Crippen LogP contribution in [0.1, 0.15) is 68.2 Å². The second-order valence-electron chi connectivity index (χ2n) is 9.10. The molecule has 4 heteroatoms. The van der Waals surface area contributed by atoms with Gasteiger partial charge in [-0.3, -0.25) is 0 Å². The maximum atomic E-state index is 11.7. The van der Waals surface area contributed by atoms with Gasteiger partial charge in [-0.15, -0.1) is 0 Å². The van der Waals surface area contributed by atoms with Gasteiger partial charge in [0.25, 0.3) is 0 Å². The molecule has 34 heavy (non-hydrogen) atoms. The molecule has 0 heterocycles. The third-order valence-electron chi connectivity index (χ3n) is 6.86. The number of hydrogen-bond acceptors (Lipinski definition) is 3. The van der Waals surface area contributed by atoms with E-state index in [2.05, 4.69) is 49.4 Å². The van der Waals surface area contributed by atoms with E-state index in [1.165, 1.54) is 40.7 Å². The number of hydrogen-bond donors (Lipinski definition) is 1. The summed E-state index contributed by atoms with van der Waals surface area (Å²) in [4.78, 5) is 11.7. The number of rotatable bonds is 11. The molecule has 1 aliphatic rings. The quantitative estimate of drug-likeness (QED) is 0.338. The fraction of sp³-hybridized carbons (Fsp3) is 0.367. The summed E-state index contributed by atoms with van der Waals surface area (Å²) in [6.45, 7) is 6.51. The Morgan fingerprint density at radius 2 is 1.71 bits per heavy atom. The number of ether oxygens (including phenoxy) is 2. The predicted molar refractivity (Wildman–Crippen MR) is 136 cm³/mol. The second kappa shape index (κ2) is 10.4. The summed E-state index contributed by atoms with van der Waals surface area (Å²) < 4.78 is 11.6. The van der Waals surface area contributed by atoms with Crippen molar-refractivity contribution in [3.8, 4) is 16.9 Å². The van der Waals surface area contributed by atoms with Crippen LogP contribution in [0.25, 0.3) is 11.1 Å². The number of aryl methyl sites for hydroxylation is 1. The number of benzene rings is 3. The molecule has 0 radical (unpaired) electrons. The van der Waals surface area contributed by atoms with Crippen LogP contribution in [-0.4, -0.2) is 24.3 Å². The first-order chi connectivity index (χ1) is 16.5. The molecule has 1 aliphatic carbocycles. The topological polar surface area (TPSA) is 55.8 Å². The second-order valence-corrected chi connectivity index (χ2v) is 9.10. The summed E-state index contributed by atoms with van der Waals surface area (Å²) in [6, 6.07) is 22.9. The highest BCUT2D eigenvalue weighted by atomic mass is 16.5. The Balaban J connectivity index is 1.46. The summed E-state index contributed by atoms with van der Waals surface area (Å²) in [7, 11) is 0. The Morgan fingerprint density at radius 1 is 0.971 bits per heavy atom. The average molecular weight is 459 g/mol. The molecule has 0 spiro atoms. The molecule has 3 aromatic rings. The van der Waals surface area contributed by atoms with Gasteiger partial charge in [-0.05, 0) is 78.6 Å². The molecule has 0 fully saturated rings. The van der Waals surface area contributed by atoms with Crippen molar-refractivity contribution in [2.24, 2.45) is 0 Å². The largest absolute Gasteiger partial charge is 0.494 e. The number of carboxylic acid groups (broad SMARTS) is 1. The van der Waals surface area contributed by atoms with Crippen LogP contribution in [0.3, 0.4) is 0 Å². The lowest BCUT2D eigenvalue weighted by Crippen LogP contribution is -2.35. The molecule has 178 valence electrons. The lowest BCUT2D eigenvalue weighted by Gasteiger charge is -2.25. The number of aliphatic carboxylic acids is 1. The zero-order chi connectivity index (χ0) is 24.1. The number of unbranched alkanes of at least 4 members (excludes halogenated alkanes) is 1. The summed E-state index contributed by atoms with van der Waals surface area (Å²) in [5.74, 6) is 0.0489. The molecule has 1 N–H and O–H groups in total. The highest BCUT2D eigenvalue weighted by Crippen LogP contribution is 2.46. The van der Waals surface area contributed by atoms with Gasteiger partial charge in [-0.2, -0.15) is 0 Å². The van der Waals surface area contributed by atoms with Crippen molar-refractivity contribution < 1.29 is 19.4 Å². The minimum Gasteiger partial charge on any atom is -0.494 e. The van der Waals surface area contributed by atoms with E-state index in [1.807, 2.05) is 12.1 Å². The summed E-state index contributed by atoms with van der Waals surface area (Å²) in [5.41, 5.74) is 6.11.